The number of unbranched alkanes of at least 4 members (excludes halogenated alkanes) is 3. The van der Waals surface area contributed by atoms with E-state index in [0.29, 0.717) is 4.47 Å². The number of halogens is 3. The van der Waals surface area contributed by atoms with Crippen molar-refractivity contribution in [3.05, 3.63) is 34.1 Å². The summed E-state index contributed by atoms with van der Waals surface area (Å²) in [4.78, 5) is 0. The highest BCUT2D eigenvalue weighted by Crippen LogP contribution is 2.16. The van der Waals surface area contributed by atoms with Gasteiger partial charge in [0.2, 0.25) is 0 Å². The van der Waals surface area contributed by atoms with Crippen LogP contribution in [-0.2, 0) is 6.54 Å². The van der Waals surface area contributed by atoms with Crippen molar-refractivity contribution in [2.24, 2.45) is 0 Å². The summed E-state index contributed by atoms with van der Waals surface area (Å²) in [7, 11) is 0. The third-order valence-corrected chi connectivity index (χ3v) is 3.92. The molecule has 17 heavy (non-hydrogen) atoms. The number of rotatable bonds is 8. The summed E-state index contributed by atoms with van der Waals surface area (Å²) in [6.07, 6.45) is 5.17. The Hall–Kier alpha value is 0.320. The molecule has 0 radical (unpaired) electrons. The molecule has 1 rings (SSSR count). The molecule has 1 aromatic rings. The standard InChI is InChI=1S/C13H18BrFIN/c14-12-9-11(5-6-13(12)15)10-17-8-4-2-1-3-7-16/h5-6,9,17H,1-4,7-8,10H2. The quantitative estimate of drug-likeness (QED) is 0.371. The fourth-order valence-corrected chi connectivity index (χ4v) is 2.55. The molecule has 0 spiro atoms. The first kappa shape index (κ1) is 15.4. The molecule has 0 bridgehead atoms. The fourth-order valence-electron chi connectivity index (χ4n) is 1.58. The maximum absolute atomic E-state index is 13.0. The molecule has 0 aliphatic heterocycles. The zero-order valence-electron chi connectivity index (χ0n) is 9.82. The van der Waals surface area contributed by atoms with Crippen LogP contribution in [0.4, 0.5) is 4.39 Å². The summed E-state index contributed by atoms with van der Waals surface area (Å²) < 4.78 is 14.8. The highest BCUT2D eigenvalue weighted by atomic mass is 127. The van der Waals surface area contributed by atoms with E-state index in [-0.39, 0.29) is 5.82 Å². The Bertz CT molecular complexity index is 333. The molecule has 96 valence electrons. The van der Waals surface area contributed by atoms with Gasteiger partial charge in [0.05, 0.1) is 4.47 Å². The van der Waals surface area contributed by atoms with Gasteiger partial charge in [-0.3, -0.25) is 0 Å². The van der Waals surface area contributed by atoms with Gasteiger partial charge in [-0.25, -0.2) is 4.39 Å². The SMILES string of the molecule is Fc1ccc(CNCCCCCCI)cc1Br. The second-order valence-corrected chi connectivity index (χ2v) is 5.96. The number of alkyl halides is 1. The second-order valence-electron chi connectivity index (χ2n) is 4.03. The van der Waals surface area contributed by atoms with E-state index in [1.807, 2.05) is 12.1 Å². The zero-order valence-corrected chi connectivity index (χ0v) is 13.6. The molecule has 1 N–H and O–H groups in total. The summed E-state index contributed by atoms with van der Waals surface area (Å²) in [6, 6.07) is 5.16. The second kappa shape index (κ2) is 9.28. The van der Waals surface area contributed by atoms with E-state index in [2.05, 4.69) is 43.8 Å². The first-order valence-corrected chi connectivity index (χ1v) is 8.26. The third-order valence-electron chi connectivity index (χ3n) is 2.55. The Kier molecular flexibility index (Phi) is 8.39. The Morgan fingerprint density at radius 1 is 1.18 bits per heavy atom. The van der Waals surface area contributed by atoms with E-state index >= 15 is 0 Å². The number of hydrogen-bond acceptors (Lipinski definition) is 1. The molecule has 4 heteroatoms. The van der Waals surface area contributed by atoms with Crippen molar-refractivity contribution >= 4 is 38.5 Å². The maximum atomic E-state index is 13.0. The van der Waals surface area contributed by atoms with Crippen molar-refractivity contribution in [3.8, 4) is 0 Å². The average Bonchev–Trinajstić information content (AvgIpc) is 2.32. The van der Waals surface area contributed by atoms with Gasteiger partial charge in [0.25, 0.3) is 0 Å². The van der Waals surface area contributed by atoms with E-state index in [4.69, 9.17) is 0 Å². The van der Waals surface area contributed by atoms with Gasteiger partial charge >= 0.3 is 0 Å². The van der Waals surface area contributed by atoms with Crippen LogP contribution < -0.4 is 5.32 Å². The predicted octanol–water partition coefficient (Wildman–Crippen LogP) is 4.67. The molecule has 0 aliphatic rings. The molecule has 0 saturated heterocycles. The maximum Gasteiger partial charge on any atom is 0.137 e. The molecular formula is C13H18BrFIN. The van der Waals surface area contributed by atoms with Gasteiger partial charge in [0.15, 0.2) is 0 Å². The molecule has 0 atom stereocenters. The summed E-state index contributed by atoms with van der Waals surface area (Å²) in [5.41, 5.74) is 1.12. The van der Waals surface area contributed by atoms with E-state index < -0.39 is 0 Å². The van der Waals surface area contributed by atoms with Crippen LogP contribution in [0.5, 0.6) is 0 Å². The first-order valence-electron chi connectivity index (χ1n) is 5.94. The lowest BCUT2D eigenvalue weighted by Crippen LogP contribution is -2.14. The van der Waals surface area contributed by atoms with Gasteiger partial charge in [-0.1, -0.05) is 41.5 Å². The van der Waals surface area contributed by atoms with Crippen LogP contribution in [0.3, 0.4) is 0 Å². The summed E-state index contributed by atoms with van der Waals surface area (Å²) >= 11 is 5.61. The van der Waals surface area contributed by atoms with Crippen LogP contribution in [0.2, 0.25) is 0 Å². The van der Waals surface area contributed by atoms with Gasteiger partial charge in [0.1, 0.15) is 5.82 Å². The molecule has 0 aliphatic carbocycles. The Balaban J connectivity index is 2.11. The average molecular weight is 414 g/mol. The Morgan fingerprint density at radius 3 is 2.65 bits per heavy atom. The lowest BCUT2D eigenvalue weighted by Gasteiger charge is -2.05. The predicted molar refractivity (Wildman–Crippen MR) is 83.2 cm³/mol. The van der Waals surface area contributed by atoms with E-state index in [1.165, 1.54) is 36.2 Å². The Labute approximate surface area is 125 Å². The monoisotopic (exact) mass is 413 g/mol. The van der Waals surface area contributed by atoms with Gasteiger partial charge in [-0.15, -0.1) is 0 Å². The zero-order chi connectivity index (χ0) is 12.5. The Morgan fingerprint density at radius 2 is 1.94 bits per heavy atom. The fraction of sp³-hybridized carbons (Fsp3) is 0.538. The molecule has 0 aromatic heterocycles. The summed E-state index contributed by atoms with van der Waals surface area (Å²) in [5, 5.41) is 3.38. The summed E-state index contributed by atoms with van der Waals surface area (Å²) in [6.45, 7) is 1.85. The molecule has 0 heterocycles. The first-order chi connectivity index (χ1) is 8.24. The van der Waals surface area contributed by atoms with Crippen LogP contribution in [0, 0.1) is 5.82 Å². The minimum Gasteiger partial charge on any atom is -0.313 e. The number of benzene rings is 1. The molecule has 0 amide bonds. The normalized spacial score (nSPS) is 10.8. The lowest BCUT2D eigenvalue weighted by atomic mass is 10.2. The van der Waals surface area contributed by atoms with Crippen LogP contribution in [0.1, 0.15) is 31.2 Å². The third kappa shape index (κ3) is 6.72. The minimum absolute atomic E-state index is 0.201. The van der Waals surface area contributed by atoms with Gasteiger partial charge in [-0.2, -0.15) is 0 Å². The molecule has 0 saturated carbocycles. The number of hydrogen-bond donors (Lipinski definition) is 1. The van der Waals surface area contributed by atoms with Crippen molar-refractivity contribution in [2.45, 2.75) is 32.2 Å². The molecular weight excluding hydrogens is 396 g/mol. The minimum atomic E-state index is -0.201. The highest BCUT2D eigenvalue weighted by molar-refractivity contribution is 14.1. The highest BCUT2D eigenvalue weighted by Gasteiger charge is 1.99. The molecule has 1 aromatic carbocycles. The van der Waals surface area contributed by atoms with Gasteiger partial charge in [-0.05, 0) is 57.4 Å². The van der Waals surface area contributed by atoms with Crippen LogP contribution in [0.15, 0.2) is 22.7 Å². The molecule has 1 nitrogen and oxygen atoms in total. The van der Waals surface area contributed by atoms with Gasteiger partial charge in [0, 0.05) is 6.54 Å². The van der Waals surface area contributed by atoms with Gasteiger partial charge < -0.3 is 5.32 Å². The van der Waals surface area contributed by atoms with Crippen molar-refractivity contribution in [2.75, 3.05) is 11.0 Å². The molecule has 0 fully saturated rings. The van der Waals surface area contributed by atoms with Crippen molar-refractivity contribution < 1.29 is 4.39 Å². The largest absolute Gasteiger partial charge is 0.313 e. The lowest BCUT2D eigenvalue weighted by molar-refractivity contribution is 0.597. The van der Waals surface area contributed by atoms with Crippen LogP contribution in [0.25, 0.3) is 0 Å². The summed E-state index contributed by atoms with van der Waals surface area (Å²) in [5.74, 6) is -0.201. The van der Waals surface area contributed by atoms with Crippen molar-refractivity contribution in [3.63, 3.8) is 0 Å². The van der Waals surface area contributed by atoms with E-state index in [9.17, 15) is 4.39 Å². The van der Waals surface area contributed by atoms with E-state index in [1.54, 1.807) is 0 Å². The van der Waals surface area contributed by atoms with Crippen LogP contribution in [-0.4, -0.2) is 11.0 Å². The van der Waals surface area contributed by atoms with Crippen molar-refractivity contribution in [1.82, 2.24) is 5.32 Å². The topological polar surface area (TPSA) is 12.0 Å². The van der Waals surface area contributed by atoms with E-state index in [0.717, 1.165) is 18.7 Å². The smallest absolute Gasteiger partial charge is 0.137 e. The number of nitrogens with one attached hydrogen (secondary N) is 1. The van der Waals surface area contributed by atoms with Crippen molar-refractivity contribution in [1.29, 1.82) is 0 Å². The molecule has 0 unspecified atom stereocenters. The van der Waals surface area contributed by atoms with Crippen LogP contribution >= 0.6 is 38.5 Å².